The summed E-state index contributed by atoms with van der Waals surface area (Å²) in [5, 5.41) is 17.5. The fraction of sp³-hybridized carbons (Fsp3) is 0.172. The molecule has 0 aliphatic heterocycles. The number of aromatic amines is 1. The van der Waals surface area contributed by atoms with Gasteiger partial charge in [0.25, 0.3) is 0 Å². The lowest BCUT2D eigenvalue weighted by Gasteiger charge is -2.11. The van der Waals surface area contributed by atoms with Crippen LogP contribution in [0.15, 0.2) is 85.1 Å². The highest BCUT2D eigenvalue weighted by molar-refractivity contribution is 6.31. The predicted octanol–water partition coefficient (Wildman–Crippen LogP) is 5.97. The maximum absolute atomic E-state index is 6.16. The second kappa shape index (κ2) is 9.91. The molecule has 6 nitrogen and oxygen atoms in total. The number of pyridine rings is 1. The van der Waals surface area contributed by atoms with Gasteiger partial charge in [0.15, 0.2) is 5.82 Å². The molecule has 36 heavy (non-hydrogen) atoms. The van der Waals surface area contributed by atoms with Crippen LogP contribution in [0.25, 0.3) is 21.8 Å². The van der Waals surface area contributed by atoms with Crippen LogP contribution in [0, 0.1) is 0 Å². The number of hydrogen-bond acceptors (Lipinski definition) is 4. The van der Waals surface area contributed by atoms with Gasteiger partial charge >= 0.3 is 0 Å². The molecule has 0 spiro atoms. The van der Waals surface area contributed by atoms with Crippen molar-refractivity contribution in [3.05, 3.63) is 118 Å². The van der Waals surface area contributed by atoms with E-state index in [1.165, 1.54) is 27.6 Å². The molecule has 7 heteroatoms. The van der Waals surface area contributed by atoms with Gasteiger partial charge in [-0.15, -0.1) is 10.2 Å². The third-order valence-electron chi connectivity index (χ3n) is 6.61. The smallest absolute Gasteiger partial charge is 0.174 e. The van der Waals surface area contributed by atoms with Gasteiger partial charge in [-0.25, -0.2) is 0 Å². The molecule has 0 aliphatic rings. The summed E-state index contributed by atoms with van der Waals surface area (Å²) in [6, 6.07) is 27.6. The van der Waals surface area contributed by atoms with E-state index >= 15 is 0 Å². The van der Waals surface area contributed by atoms with Crippen LogP contribution in [-0.4, -0.2) is 30.2 Å². The monoisotopic (exact) mass is 492 g/mol. The first-order chi connectivity index (χ1) is 17.7. The Morgan fingerprint density at radius 3 is 2.58 bits per heavy atom. The summed E-state index contributed by atoms with van der Waals surface area (Å²) in [6.45, 7) is 0.823. The van der Waals surface area contributed by atoms with Gasteiger partial charge < -0.3 is 4.57 Å². The largest absolute Gasteiger partial charge is 0.343 e. The first-order valence-corrected chi connectivity index (χ1v) is 12.5. The highest BCUT2D eigenvalue weighted by Gasteiger charge is 2.10. The molecule has 0 radical (unpaired) electrons. The number of aromatic nitrogens is 6. The molecule has 0 bridgehead atoms. The minimum Gasteiger partial charge on any atom is -0.343 e. The van der Waals surface area contributed by atoms with Gasteiger partial charge in [-0.3, -0.25) is 4.98 Å². The van der Waals surface area contributed by atoms with E-state index in [0.717, 1.165) is 59.7 Å². The Bertz CT molecular complexity index is 1640. The molecule has 0 aliphatic carbocycles. The van der Waals surface area contributed by atoms with Crippen LogP contribution in [0.4, 0.5) is 0 Å². The van der Waals surface area contributed by atoms with Gasteiger partial charge in [-0.05, 0) is 65.6 Å². The van der Waals surface area contributed by atoms with E-state index in [1.54, 1.807) is 0 Å². The second-order valence-corrected chi connectivity index (χ2v) is 9.52. The number of rotatable bonds is 8. The number of benzene rings is 3. The lowest BCUT2D eigenvalue weighted by molar-refractivity contribution is 0.815. The summed E-state index contributed by atoms with van der Waals surface area (Å²) >= 11 is 6.16. The summed E-state index contributed by atoms with van der Waals surface area (Å²) in [6.07, 6.45) is 5.63. The minimum atomic E-state index is 0.718. The lowest BCUT2D eigenvalue weighted by Crippen LogP contribution is -2.03. The quantitative estimate of drug-likeness (QED) is 0.284. The maximum atomic E-state index is 6.16. The third-order valence-corrected chi connectivity index (χ3v) is 6.84. The van der Waals surface area contributed by atoms with Crippen LogP contribution < -0.4 is 0 Å². The van der Waals surface area contributed by atoms with E-state index in [4.69, 9.17) is 16.6 Å². The zero-order chi connectivity index (χ0) is 24.3. The van der Waals surface area contributed by atoms with Gasteiger partial charge in [0.2, 0.25) is 0 Å². The van der Waals surface area contributed by atoms with Crippen LogP contribution in [0.2, 0.25) is 5.02 Å². The van der Waals surface area contributed by atoms with E-state index in [2.05, 4.69) is 92.1 Å². The molecule has 0 saturated carbocycles. The average molecular weight is 493 g/mol. The van der Waals surface area contributed by atoms with Crippen molar-refractivity contribution in [3.63, 3.8) is 0 Å². The first kappa shape index (κ1) is 22.4. The van der Waals surface area contributed by atoms with Crippen molar-refractivity contribution in [3.8, 4) is 0 Å². The lowest BCUT2D eigenvalue weighted by atomic mass is 10.0. The normalized spacial score (nSPS) is 11.5. The van der Waals surface area contributed by atoms with Crippen LogP contribution >= 0.6 is 11.6 Å². The molecular formula is C29H25ClN6. The number of nitrogens with zero attached hydrogens (tertiary/aromatic N) is 5. The van der Waals surface area contributed by atoms with E-state index in [-0.39, 0.29) is 0 Å². The Kier molecular flexibility index (Phi) is 6.18. The van der Waals surface area contributed by atoms with Crippen molar-refractivity contribution in [1.29, 1.82) is 0 Å². The molecule has 3 heterocycles. The van der Waals surface area contributed by atoms with Crippen molar-refractivity contribution in [1.82, 2.24) is 30.2 Å². The number of nitrogens with one attached hydrogen (secondary N) is 1. The van der Waals surface area contributed by atoms with Gasteiger partial charge in [-0.2, -0.15) is 5.21 Å². The summed E-state index contributed by atoms with van der Waals surface area (Å²) in [5.41, 5.74) is 7.19. The second-order valence-electron chi connectivity index (χ2n) is 9.09. The topological polar surface area (TPSA) is 72.3 Å². The summed E-state index contributed by atoms with van der Waals surface area (Å²) in [7, 11) is 0. The summed E-state index contributed by atoms with van der Waals surface area (Å²) < 4.78 is 2.34. The van der Waals surface area contributed by atoms with Gasteiger partial charge in [0, 0.05) is 35.3 Å². The Morgan fingerprint density at radius 1 is 0.778 bits per heavy atom. The molecule has 3 aromatic carbocycles. The van der Waals surface area contributed by atoms with Crippen molar-refractivity contribution in [2.45, 2.75) is 32.2 Å². The first-order valence-electron chi connectivity index (χ1n) is 12.1. The van der Waals surface area contributed by atoms with Crippen LogP contribution in [-0.2, 0) is 32.2 Å². The predicted molar refractivity (Wildman–Crippen MR) is 143 cm³/mol. The third kappa shape index (κ3) is 4.86. The summed E-state index contributed by atoms with van der Waals surface area (Å²) in [4.78, 5) is 4.81. The molecular weight excluding hydrogens is 468 g/mol. The van der Waals surface area contributed by atoms with E-state index in [1.807, 2.05) is 18.2 Å². The zero-order valence-electron chi connectivity index (χ0n) is 19.7. The molecule has 178 valence electrons. The molecule has 1 N–H and O–H groups in total. The zero-order valence-corrected chi connectivity index (χ0v) is 20.5. The number of H-pyrrole nitrogens is 1. The maximum Gasteiger partial charge on any atom is 0.174 e. The van der Waals surface area contributed by atoms with Crippen LogP contribution in [0.3, 0.4) is 0 Å². The van der Waals surface area contributed by atoms with E-state index in [9.17, 15) is 0 Å². The minimum absolute atomic E-state index is 0.718. The van der Waals surface area contributed by atoms with Crippen molar-refractivity contribution < 1.29 is 0 Å². The molecule has 0 atom stereocenters. The van der Waals surface area contributed by atoms with Crippen molar-refractivity contribution >= 4 is 33.4 Å². The average Bonchev–Trinajstić information content (AvgIpc) is 3.57. The van der Waals surface area contributed by atoms with Gasteiger partial charge in [0.05, 0.1) is 11.0 Å². The van der Waals surface area contributed by atoms with Gasteiger partial charge in [0.1, 0.15) is 0 Å². The summed E-state index contributed by atoms with van der Waals surface area (Å²) in [5.74, 6) is 0.738. The molecule has 6 aromatic rings. The highest BCUT2D eigenvalue weighted by Crippen LogP contribution is 2.23. The molecule has 0 fully saturated rings. The Labute approximate surface area is 214 Å². The fourth-order valence-electron chi connectivity index (χ4n) is 4.83. The highest BCUT2D eigenvalue weighted by atomic mass is 35.5. The number of para-hydroxylation sites is 1. The number of hydrogen-bond donors (Lipinski definition) is 1. The van der Waals surface area contributed by atoms with Crippen LogP contribution in [0.5, 0.6) is 0 Å². The van der Waals surface area contributed by atoms with Crippen molar-refractivity contribution in [2.75, 3.05) is 0 Å². The standard InChI is InChI=1S/C29H25ClN6/c30-25-11-8-22-9-13-26(31-27(22)18-25)12-7-20-3-1-4-21(17-20)19-36-16-15-24-6-2-5-23(29(24)36)10-14-28-32-34-35-33-28/h1-6,8-9,11,13,15-18H,7,10,12,14,19H2,(H,32,33,34,35). The molecule has 0 unspecified atom stereocenters. The Morgan fingerprint density at radius 2 is 1.67 bits per heavy atom. The SMILES string of the molecule is Clc1ccc2ccc(CCc3cccc(Cn4ccc5cccc(CCc6nn[nH]n6)c54)c3)nc2c1. The number of aryl methyl sites for hydroxylation is 4. The molecule has 3 aromatic heterocycles. The molecule has 6 rings (SSSR count). The van der Waals surface area contributed by atoms with E-state index in [0.29, 0.717) is 0 Å². The Balaban J connectivity index is 1.18. The number of fused-ring (bicyclic) bond motifs is 2. The van der Waals surface area contributed by atoms with Crippen LogP contribution in [0.1, 0.15) is 28.2 Å². The fourth-order valence-corrected chi connectivity index (χ4v) is 5.00. The molecule has 0 amide bonds. The number of halogens is 1. The van der Waals surface area contributed by atoms with E-state index < -0.39 is 0 Å². The Hall–Kier alpha value is -4.03. The van der Waals surface area contributed by atoms with Gasteiger partial charge in [-0.1, -0.05) is 71.4 Å². The van der Waals surface area contributed by atoms with Crippen molar-refractivity contribution in [2.24, 2.45) is 0 Å². The number of tetrazole rings is 1. The molecule has 0 saturated heterocycles.